The van der Waals surface area contributed by atoms with Crippen LogP contribution in [0.4, 0.5) is 0 Å². The highest BCUT2D eigenvalue weighted by atomic mass is 16.5. The minimum atomic E-state index is -1.01. The molecule has 1 fully saturated rings. The van der Waals surface area contributed by atoms with Crippen molar-refractivity contribution in [1.29, 1.82) is 0 Å². The molecule has 0 radical (unpaired) electrons. The number of hydrogen-bond acceptors (Lipinski definition) is 4. The first kappa shape index (κ1) is 16.2. The Morgan fingerprint density at radius 3 is 2.91 bits per heavy atom. The number of carbonyl (C=O) groups is 2. The number of aromatic nitrogens is 1. The monoisotopic (exact) mass is 308 g/mol. The number of carboxylic acid groups (broad SMARTS) is 1. The van der Waals surface area contributed by atoms with Crippen LogP contribution in [0.25, 0.3) is 0 Å². The summed E-state index contributed by atoms with van der Waals surface area (Å²) in [5.41, 5.74) is -1.43. The fourth-order valence-electron chi connectivity index (χ4n) is 2.85. The fraction of sp³-hybridized carbons (Fsp3) is 0.533. The standard InChI is InChI=1S/C15H20N2O5/c1-22-9-6-15(14(20)21)5-3-8-17(10-15)13(19)11-4-2-7-16-12(11)18/h2,4,7H,3,5-6,8-10H2,1H3,(H,16,18)(H,20,21). The van der Waals surface area contributed by atoms with Crippen LogP contribution in [-0.4, -0.2) is 53.7 Å². The van der Waals surface area contributed by atoms with E-state index in [0.717, 1.165) is 0 Å². The van der Waals surface area contributed by atoms with Gasteiger partial charge in [-0.05, 0) is 31.4 Å². The highest BCUT2D eigenvalue weighted by Gasteiger charge is 2.43. The van der Waals surface area contributed by atoms with E-state index in [-0.39, 0.29) is 12.1 Å². The van der Waals surface area contributed by atoms with Crippen LogP contribution in [0.1, 0.15) is 29.6 Å². The molecule has 120 valence electrons. The summed E-state index contributed by atoms with van der Waals surface area (Å²) in [6.45, 7) is 0.869. The lowest BCUT2D eigenvalue weighted by Crippen LogP contribution is -2.51. The number of likely N-dealkylation sites (tertiary alicyclic amines) is 1. The molecule has 1 aromatic rings. The van der Waals surface area contributed by atoms with E-state index in [9.17, 15) is 19.5 Å². The van der Waals surface area contributed by atoms with Gasteiger partial charge in [0.25, 0.3) is 11.5 Å². The first-order valence-electron chi connectivity index (χ1n) is 7.19. The van der Waals surface area contributed by atoms with E-state index < -0.39 is 22.9 Å². The van der Waals surface area contributed by atoms with E-state index in [0.29, 0.717) is 32.4 Å². The van der Waals surface area contributed by atoms with E-state index in [4.69, 9.17) is 4.74 Å². The third-order valence-corrected chi connectivity index (χ3v) is 4.15. The van der Waals surface area contributed by atoms with Gasteiger partial charge in [0.2, 0.25) is 0 Å². The molecule has 0 saturated carbocycles. The Balaban J connectivity index is 2.22. The summed E-state index contributed by atoms with van der Waals surface area (Å²) in [5.74, 6) is -1.35. The van der Waals surface area contributed by atoms with E-state index in [1.165, 1.54) is 24.3 Å². The van der Waals surface area contributed by atoms with E-state index >= 15 is 0 Å². The van der Waals surface area contributed by atoms with Gasteiger partial charge in [0.1, 0.15) is 5.56 Å². The van der Waals surface area contributed by atoms with Crippen LogP contribution < -0.4 is 5.56 Å². The maximum atomic E-state index is 12.5. The van der Waals surface area contributed by atoms with E-state index in [1.807, 2.05) is 0 Å². The molecule has 2 N–H and O–H groups in total. The number of aliphatic carboxylic acids is 1. The first-order valence-corrected chi connectivity index (χ1v) is 7.19. The average Bonchev–Trinajstić information content (AvgIpc) is 2.53. The summed E-state index contributed by atoms with van der Waals surface area (Å²) in [4.78, 5) is 39.8. The number of H-pyrrole nitrogens is 1. The number of ether oxygens (including phenoxy) is 1. The van der Waals surface area contributed by atoms with E-state index in [2.05, 4.69) is 4.98 Å². The normalized spacial score (nSPS) is 21.6. The number of rotatable bonds is 5. The van der Waals surface area contributed by atoms with Gasteiger partial charge in [0.05, 0.1) is 5.41 Å². The Bertz CT molecular complexity index is 612. The Morgan fingerprint density at radius 2 is 2.27 bits per heavy atom. The Labute approximate surface area is 127 Å². The number of pyridine rings is 1. The largest absolute Gasteiger partial charge is 0.481 e. The van der Waals surface area contributed by atoms with Crippen molar-refractivity contribution < 1.29 is 19.4 Å². The van der Waals surface area contributed by atoms with Gasteiger partial charge in [-0.25, -0.2) is 0 Å². The zero-order chi connectivity index (χ0) is 16.2. The van der Waals surface area contributed by atoms with Gasteiger partial charge in [0.15, 0.2) is 0 Å². The van der Waals surface area contributed by atoms with Gasteiger partial charge >= 0.3 is 5.97 Å². The zero-order valence-corrected chi connectivity index (χ0v) is 12.5. The third-order valence-electron chi connectivity index (χ3n) is 4.15. The lowest BCUT2D eigenvalue weighted by Gasteiger charge is -2.39. The third kappa shape index (κ3) is 3.19. The maximum Gasteiger partial charge on any atom is 0.311 e. The van der Waals surface area contributed by atoms with Crippen LogP contribution in [0.5, 0.6) is 0 Å². The molecule has 1 aliphatic heterocycles. The minimum absolute atomic E-state index is 0.0374. The number of carboxylic acids is 1. The molecule has 2 rings (SSSR count). The van der Waals surface area contributed by atoms with Crippen molar-refractivity contribution >= 4 is 11.9 Å². The summed E-state index contributed by atoms with van der Waals surface area (Å²) < 4.78 is 5.00. The molecule has 1 atom stereocenters. The lowest BCUT2D eigenvalue weighted by atomic mass is 9.77. The highest BCUT2D eigenvalue weighted by molar-refractivity contribution is 5.94. The van der Waals surface area contributed by atoms with Crippen molar-refractivity contribution in [2.75, 3.05) is 26.8 Å². The van der Waals surface area contributed by atoms with Crippen LogP contribution >= 0.6 is 0 Å². The molecule has 1 saturated heterocycles. The molecule has 0 bridgehead atoms. The molecular formula is C15H20N2O5. The molecule has 2 heterocycles. The van der Waals surface area contributed by atoms with Gasteiger partial charge in [-0.1, -0.05) is 0 Å². The Morgan fingerprint density at radius 1 is 1.50 bits per heavy atom. The van der Waals surface area contributed by atoms with Gasteiger partial charge in [-0.3, -0.25) is 14.4 Å². The number of methoxy groups -OCH3 is 1. The maximum absolute atomic E-state index is 12.5. The van der Waals surface area contributed by atoms with Crippen LogP contribution in [0.15, 0.2) is 23.1 Å². The first-order chi connectivity index (χ1) is 10.5. The van der Waals surface area contributed by atoms with Crippen LogP contribution in [0, 0.1) is 5.41 Å². The van der Waals surface area contributed by atoms with Crippen molar-refractivity contribution in [2.24, 2.45) is 5.41 Å². The van der Waals surface area contributed by atoms with Crippen molar-refractivity contribution in [3.8, 4) is 0 Å². The molecule has 7 nitrogen and oxygen atoms in total. The average molecular weight is 308 g/mol. The number of nitrogens with one attached hydrogen (secondary N) is 1. The summed E-state index contributed by atoms with van der Waals surface area (Å²) in [6, 6.07) is 3.03. The molecule has 0 aliphatic carbocycles. The SMILES string of the molecule is COCCC1(C(=O)O)CCCN(C(=O)c2ccc[nH]c2=O)C1. The van der Waals surface area contributed by atoms with E-state index in [1.54, 1.807) is 6.07 Å². The second-order valence-electron chi connectivity index (χ2n) is 5.57. The van der Waals surface area contributed by atoms with Gasteiger partial charge in [-0.2, -0.15) is 0 Å². The van der Waals surface area contributed by atoms with Gasteiger partial charge in [0, 0.05) is 33.0 Å². The number of hydrogen-bond donors (Lipinski definition) is 2. The smallest absolute Gasteiger partial charge is 0.311 e. The summed E-state index contributed by atoms with van der Waals surface area (Å²) >= 11 is 0. The second kappa shape index (κ2) is 6.74. The van der Waals surface area contributed by atoms with Gasteiger partial charge in [-0.15, -0.1) is 0 Å². The molecular weight excluding hydrogens is 288 g/mol. The van der Waals surface area contributed by atoms with Crippen molar-refractivity contribution in [2.45, 2.75) is 19.3 Å². The molecule has 1 aliphatic rings. The van der Waals surface area contributed by atoms with Crippen molar-refractivity contribution in [3.63, 3.8) is 0 Å². The predicted octanol–water partition coefficient (Wildman–Crippen LogP) is 0.718. The molecule has 7 heteroatoms. The number of piperidine rings is 1. The highest BCUT2D eigenvalue weighted by Crippen LogP contribution is 2.34. The quantitative estimate of drug-likeness (QED) is 0.835. The molecule has 22 heavy (non-hydrogen) atoms. The number of amides is 1. The molecule has 0 aromatic carbocycles. The molecule has 1 aromatic heterocycles. The summed E-state index contributed by atoms with van der Waals surface area (Å²) in [7, 11) is 1.52. The topological polar surface area (TPSA) is 99.7 Å². The molecule has 1 amide bonds. The van der Waals surface area contributed by atoms with Crippen LogP contribution in [-0.2, 0) is 9.53 Å². The number of carbonyl (C=O) groups excluding carboxylic acids is 1. The lowest BCUT2D eigenvalue weighted by molar-refractivity contribution is -0.153. The summed E-state index contributed by atoms with van der Waals surface area (Å²) in [6.07, 6.45) is 2.89. The summed E-state index contributed by atoms with van der Waals surface area (Å²) in [5, 5.41) is 9.58. The van der Waals surface area contributed by atoms with Gasteiger partial charge < -0.3 is 19.7 Å². The molecule has 0 spiro atoms. The molecule has 1 unspecified atom stereocenters. The number of aromatic amines is 1. The predicted molar refractivity (Wildman–Crippen MR) is 78.8 cm³/mol. The zero-order valence-electron chi connectivity index (χ0n) is 12.5. The van der Waals surface area contributed by atoms with Crippen molar-refractivity contribution in [3.05, 3.63) is 34.2 Å². The van der Waals surface area contributed by atoms with Crippen molar-refractivity contribution in [1.82, 2.24) is 9.88 Å². The van der Waals surface area contributed by atoms with Crippen LogP contribution in [0.3, 0.4) is 0 Å². The minimum Gasteiger partial charge on any atom is -0.481 e. The fourth-order valence-corrected chi connectivity index (χ4v) is 2.85. The Kier molecular flexibility index (Phi) is 4.97. The second-order valence-corrected chi connectivity index (χ2v) is 5.57. The van der Waals surface area contributed by atoms with Crippen LogP contribution in [0.2, 0.25) is 0 Å². The number of nitrogens with zero attached hydrogens (tertiary/aromatic N) is 1. The Hall–Kier alpha value is -2.15.